The first kappa shape index (κ1) is 18.4. The van der Waals surface area contributed by atoms with Crippen molar-refractivity contribution in [2.24, 2.45) is 5.10 Å². The smallest absolute Gasteiger partial charge is 0.273 e. The quantitative estimate of drug-likeness (QED) is 0.664. The molecule has 2 atom stereocenters. The number of aliphatic hydroxyl groups is 2. The van der Waals surface area contributed by atoms with Gasteiger partial charge in [-0.2, -0.15) is 5.10 Å². The molecule has 1 aromatic heterocycles. The number of amides is 1. The fourth-order valence-corrected chi connectivity index (χ4v) is 3.61. The molecule has 3 N–H and O–H groups in total. The Balaban J connectivity index is 1.49. The number of hydrazone groups is 1. The molecule has 2 heterocycles. The molecule has 138 valence electrons. The lowest BCUT2D eigenvalue weighted by atomic mass is 10.1. The SMILES string of the molecule is CN1N=C(CCNC(=O)c2cc(-c3ccccc3)on2)SC1[C@@H](O)CO. The molecule has 1 aliphatic heterocycles. The average molecular weight is 376 g/mol. The second kappa shape index (κ2) is 8.35. The summed E-state index contributed by atoms with van der Waals surface area (Å²) in [6.07, 6.45) is -0.342. The van der Waals surface area contributed by atoms with Crippen molar-refractivity contribution in [1.82, 2.24) is 15.5 Å². The predicted molar refractivity (Wildman–Crippen MR) is 98.6 cm³/mol. The molecule has 1 aromatic carbocycles. The Morgan fingerprint density at radius 2 is 2.19 bits per heavy atom. The first-order valence-electron chi connectivity index (χ1n) is 8.14. The third-order valence-corrected chi connectivity index (χ3v) is 5.25. The molecule has 0 radical (unpaired) electrons. The molecule has 1 unspecified atom stereocenters. The summed E-state index contributed by atoms with van der Waals surface area (Å²) in [4.78, 5) is 12.2. The monoisotopic (exact) mass is 376 g/mol. The first-order chi connectivity index (χ1) is 12.6. The number of rotatable bonds is 7. The van der Waals surface area contributed by atoms with Crippen molar-refractivity contribution in [3.05, 3.63) is 42.1 Å². The van der Waals surface area contributed by atoms with Gasteiger partial charge in [-0.1, -0.05) is 47.3 Å². The number of aliphatic hydroxyl groups excluding tert-OH is 2. The molecule has 0 spiro atoms. The van der Waals surface area contributed by atoms with Gasteiger partial charge in [0, 0.05) is 31.6 Å². The highest BCUT2D eigenvalue weighted by atomic mass is 32.2. The average Bonchev–Trinajstić information content (AvgIpc) is 3.29. The Bertz CT molecular complexity index is 780. The lowest BCUT2D eigenvalue weighted by Gasteiger charge is -2.21. The van der Waals surface area contributed by atoms with Crippen LogP contribution in [0.4, 0.5) is 0 Å². The fourth-order valence-electron chi connectivity index (χ4n) is 2.49. The van der Waals surface area contributed by atoms with Crippen LogP contribution in [0, 0.1) is 0 Å². The van der Waals surface area contributed by atoms with Crippen LogP contribution < -0.4 is 5.32 Å². The van der Waals surface area contributed by atoms with E-state index in [0.717, 1.165) is 10.6 Å². The highest BCUT2D eigenvalue weighted by molar-refractivity contribution is 8.14. The summed E-state index contributed by atoms with van der Waals surface area (Å²) < 4.78 is 5.22. The van der Waals surface area contributed by atoms with E-state index >= 15 is 0 Å². The van der Waals surface area contributed by atoms with Crippen molar-refractivity contribution in [3.63, 3.8) is 0 Å². The van der Waals surface area contributed by atoms with Crippen LogP contribution >= 0.6 is 11.8 Å². The number of thioether (sulfide) groups is 1. The van der Waals surface area contributed by atoms with Gasteiger partial charge >= 0.3 is 0 Å². The van der Waals surface area contributed by atoms with Gasteiger partial charge in [-0.25, -0.2) is 0 Å². The van der Waals surface area contributed by atoms with E-state index in [1.165, 1.54) is 11.8 Å². The van der Waals surface area contributed by atoms with Gasteiger partial charge in [0.05, 0.1) is 11.7 Å². The molecule has 0 fully saturated rings. The first-order valence-corrected chi connectivity index (χ1v) is 9.02. The Morgan fingerprint density at radius 3 is 2.92 bits per heavy atom. The van der Waals surface area contributed by atoms with Crippen LogP contribution in [0.2, 0.25) is 0 Å². The Morgan fingerprint density at radius 1 is 1.42 bits per heavy atom. The molecule has 3 rings (SSSR count). The number of likely N-dealkylation sites (N-methyl/N-ethyl adjacent to an activating group) is 1. The molecule has 2 aromatic rings. The van der Waals surface area contributed by atoms with Crippen LogP contribution in [0.15, 0.2) is 46.0 Å². The molecule has 0 saturated carbocycles. The summed E-state index contributed by atoms with van der Waals surface area (Å²) in [5.41, 5.74) is 1.07. The number of nitrogens with one attached hydrogen (secondary N) is 1. The molecule has 1 aliphatic rings. The number of hydrogen-bond donors (Lipinski definition) is 3. The van der Waals surface area contributed by atoms with E-state index in [1.54, 1.807) is 18.1 Å². The summed E-state index contributed by atoms with van der Waals surface area (Å²) in [6.45, 7) is 0.0609. The van der Waals surface area contributed by atoms with E-state index in [-0.39, 0.29) is 23.6 Å². The summed E-state index contributed by atoms with van der Waals surface area (Å²) in [6, 6.07) is 11.0. The minimum absolute atomic E-state index is 0.218. The van der Waals surface area contributed by atoms with Crippen molar-refractivity contribution in [1.29, 1.82) is 0 Å². The second-order valence-electron chi connectivity index (χ2n) is 5.77. The number of hydrogen-bond acceptors (Lipinski definition) is 8. The van der Waals surface area contributed by atoms with Gasteiger partial charge in [-0.05, 0) is 0 Å². The van der Waals surface area contributed by atoms with E-state index in [0.29, 0.717) is 18.7 Å². The summed E-state index contributed by atoms with van der Waals surface area (Å²) in [5.74, 6) is 0.216. The van der Waals surface area contributed by atoms with Crippen LogP contribution in [0.3, 0.4) is 0 Å². The van der Waals surface area contributed by atoms with E-state index in [1.807, 2.05) is 30.3 Å². The maximum atomic E-state index is 12.2. The lowest BCUT2D eigenvalue weighted by Crippen LogP contribution is -2.35. The molecule has 9 heteroatoms. The Labute approximate surface area is 154 Å². The molecular weight excluding hydrogens is 356 g/mol. The number of benzene rings is 1. The third kappa shape index (κ3) is 4.24. The fraction of sp³-hybridized carbons (Fsp3) is 0.353. The molecule has 8 nitrogen and oxygen atoms in total. The maximum Gasteiger partial charge on any atom is 0.273 e. The normalized spacial score (nSPS) is 17.9. The third-order valence-electron chi connectivity index (χ3n) is 3.84. The summed E-state index contributed by atoms with van der Waals surface area (Å²) in [7, 11) is 1.74. The van der Waals surface area contributed by atoms with Gasteiger partial charge in [-0.15, -0.1) is 0 Å². The minimum atomic E-state index is -0.868. The van der Waals surface area contributed by atoms with Crippen LogP contribution in [-0.4, -0.2) is 63.0 Å². The number of carbonyl (C=O) groups is 1. The second-order valence-corrected chi connectivity index (χ2v) is 6.96. The van der Waals surface area contributed by atoms with E-state index in [2.05, 4.69) is 15.6 Å². The minimum Gasteiger partial charge on any atom is -0.394 e. The van der Waals surface area contributed by atoms with Gasteiger partial charge < -0.3 is 20.1 Å². The Hall–Kier alpha value is -2.36. The predicted octanol–water partition coefficient (Wildman–Crippen LogP) is 1.13. The van der Waals surface area contributed by atoms with Gasteiger partial charge in [0.2, 0.25) is 0 Å². The number of carbonyl (C=O) groups excluding carboxylic acids is 1. The van der Waals surface area contributed by atoms with E-state index < -0.39 is 6.10 Å². The highest BCUT2D eigenvalue weighted by Gasteiger charge is 2.30. The molecule has 26 heavy (non-hydrogen) atoms. The topological polar surface area (TPSA) is 111 Å². The highest BCUT2D eigenvalue weighted by Crippen LogP contribution is 2.28. The largest absolute Gasteiger partial charge is 0.394 e. The molecule has 0 bridgehead atoms. The maximum absolute atomic E-state index is 12.2. The van der Waals surface area contributed by atoms with Gasteiger partial charge in [-0.3, -0.25) is 9.80 Å². The van der Waals surface area contributed by atoms with E-state index in [4.69, 9.17) is 9.63 Å². The van der Waals surface area contributed by atoms with Crippen molar-refractivity contribution in [3.8, 4) is 11.3 Å². The van der Waals surface area contributed by atoms with Crippen LogP contribution in [0.25, 0.3) is 11.3 Å². The Kier molecular flexibility index (Phi) is 5.92. The molecule has 1 amide bonds. The molecule has 0 saturated heterocycles. The number of nitrogens with zero attached hydrogens (tertiary/aromatic N) is 3. The van der Waals surface area contributed by atoms with Gasteiger partial charge in [0.1, 0.15) is 11.5 Å². The van der Waals surface area contributed by atoms with Gasteiger partial charge in [0.25, 0.3) is 5.91 Å². The zero-order valence-corrected chi connectivity index (χ0v) is 15.0. The summed E-state index contributed by atoms with van der Waals surface area (Å²) >= 11 is 1.38. The zero-order valence-electron chi connectivity index (χ0n) is 14.2. The summed E-state index contributed by atoms with van der Waals surface area (Å²) in [5, 5.41) is 31.8. The van der Waals surface area contributed by atoms with Gasteiger partial charge in [0.15, 0.2) is 11.5 Å². The van der Waals surface area contributed by atoms with Crippen LogP contribution in [0.1, 0.15) is 16.9 Å². The van der Waals surface area contributed by atoms with Crippen molar-refractivity contribution in [2.45, 2.75) is 17.9 Å². The van der Waals surface area contributed by atoms with Crippen LogP contribution in [0.5, 0.6) is 0 Å². The van der Waals surface area contributed by atoms with Crippen molar-refractivity contribution < 1.29 is 19.5 Å². The molecular formula is C17H20N4O4S. The zero-order chi connectivity index (χ0) is 18.5. The number of aromatic nitrogens is 1. The van der Waals surface area contributed by atoms with E-state index in [9.17, 15) is 9.90 Å². The van der Waals surface area contributed by atoms with Crippen molar-refractivity contribution >= 4 is 22.7 Å². The molecule has 0 aliphatic carbocycles. The lowest BCUT2D eigenvalue weighted by molar-refractivity contribution is 0.0567. The standard InChI is InChI=1S/C17H20N4O4S/c1-21-17(13(23)10-22)26-15(19-21)7-8-18-16(24)12-9-14(25-20-12)11-5-3-2-4-6-11/h2-6,9,13,17,22-23H,7-8,10H2,1H3,(H,18,24)/t13-,17?/m0/s1. The van der Waals surface area contributed by atoms with Crippen molar-refractivity contribution in [2.75, 3.05) is 20.2 Å². The van der Waals surface area contributed by atoms with Crippen LogP contribution in [-0.2, 0) is 0 Å².